The van der Waals surface area contributed by atoms with E-state index in [1.807, 2.05) is 60.7 Å². The standard InChI is InChI=1S/C26H21N3O2/c30-25-21-17-22-24(13-16-29(26(22)31)18-20-9-5-2-6-10-20)27-23(21)12-15-28(25)14-11-19-7-3-1-4-8-19/h1-10,12-13,15-17H,11,14,18H2. The van der Waals surface area contributed by atoms with Crippen LogP contribution in [0.2, 0.25) is 0 Å². The Kier molecular flexibility index (Phi) is 4.92. The van der Waals surface area contributed by atoms with E-state index in [0.29, 0.717) is 34.9 Å². The number of benzene rings is 2. The van der Waals surface area contributed by atoms with Crippen LogP contribution in [0.15, 0.2) is 101 Å². The zero-order chi connectivity index (χ0) is 21.2. The molecule has 31 heavy (non-hydrogen) atoms. The smallest absolute Gasteiger partial charge is 0.260 e. The van der Waals surface area contributed by atoms with Gasteiger partial charge in [0, 0.05) is 18.9 Å². The second-order valence-corrected chi connectivity index (χ2v) is 7.64. The summed E-state index contributed by atoms with van der Waals surface area (Å²) in [4.78, 5) is 30.8. The van der Waals surface area contributed by atoms with E-state index in [2.05, 4.69) is 17.1 Å². The molecule has 0 atom stereocenters. The van der Waals surface area contributed by atoms with E-state index in [0.717, 1.165) is 12.0 Å². The molecule has 0 unspecified atom stereocenters. The number of aromatic nitrogens is 3. The monoisotopic (exact) mass is 407 g/mol. The van der Waals surface area contributed by atoms with Gasteiger partial charge in [-0.3, -0.25) is 9.59 Å². The average Bonchev–Trinajstić information content (AvgIpc) is 2.81. The fourth-order valence-electron chi connectivity index (χ4n) is 3.88. The van der Waals surface area contributed by atoms with Crippen molar-refractivity contribution in [2.75, 3.05) is 0 Å². The average molecular weight is 407 g/mol. The normalized spacial score (nSPS) is 11.2. The van der Waals surface area contributed by atoms with Gasteiger partial charge < -0.3 is 9.13 Å². The van der Waals surface area contributed by atoms with Gasteiger partial charge in [-0.05, 0) is 35.7 Å². The van der Waals surface area contributed by atoms with Crippen LogP contribution in [0.3, 0.4) is 0 Å². The molecule has 0 spiro atoms. The topological polar surface area (TPSA) is 56.9 Å². The molecule has 5 nitrogen and oxygen atoms in total. The lowest BCUT2D eigenvalue weighted by atomic mass is 10.1. The third-order valence-corrected chi connectivity index (χ3v) is 5.57. The van der Waals surface area contributed by atoms with Gasteiger partial charge in [0.2, 0.25) is 0 Å². The van der Waals surface area contributed by atoms with Gasteiger partial charge in [-0.2, -0.15) is 0 Å². The van der Waals surface area contributed by atoms with E-state index < -0.39 is 0 Å². The highest BCUT2D eigenvalue weighted by molar-refractivity contribution is 5.91. The van der Waals surface area contributed by atoms with E-state index in [9.17, 15) is 9.59 Å². The predicted molar refractivity (Wildman–Crippen MR) is 123 cm³/mol. The Labute approximate surface area is 178 Å². The maximum Gasteiger partial charge on any atom is 0.260 e. The van der Waals surface area contributed by atoms with Crippen molar-refractivity contribution in [2.45, 2.75) is 19.5 Å². The minimum absolute atomic E-state index is 0.124. The van der Waals surface area contributed by atoms with Crippen LogP contribution < -0.4 is 11.1 Å². The zero-order valence-corrected chi connectivity index (χ0v) is 16.9. The second-order valence-electron chi connectivity index (χ2n) is 7.64. The summed E-state index contributed by atoms with van der Waals surface area (Å²) in [5.41, 5.74) is 3.16. The lowest BCUT2D eigenvalue weighted by Gasteiger charge is -2.10. The first kappa shape index (κ1) is 19.0. The van der Waals surface area contributed by atoms with Gasteiger partial charge >= 0.3 is 0 Å². The highest BCUT2D eigenvalue weighted by Gasteiger charge is 2.10. The van der Waals surface area contributed by atoms with Crippen molar-refractivity contribution in [3.63, 3.8) is 0 Å². The summed E-state index contributed by atoms with van der Waals surface area (Å²) in [6, 6.07) is 25.3. The number of fused-ring (bicyclic) bond motifs is 2. The third-order valence-electron chi connectivity index (χ3n) is 5.57. The molecule has 0 saturated carbocycles. The van der Waals surface area contributed by atoms with Gasteiger partial charge in [0.05, 0.1) is 28.4 Å². The Morgan fingerprint density at radius 3 is 1.84 bits per heavy atom. The molecule has 0 amide bonds. The van der Waals surface area contributed by atoms with Crippen LogP contribution in [-0.2, 0) is 19.5 Å². The summed E-state index contributed by atoms with van der Waals surface area (Å²) in [5, 5.41) is 0.932. The van der Waals surface area contributed by atoms with Crippen molar-refractivity contribution in [3.05, 3.63) is 123 Å². The Bertz CT molecular complexity index is 1490. The zero-order valence-electron chi connectivity index (χ0n) is 16.9. The Balaban J connectivity index is 1.55. The number of nitrogens with zero attached hydrogens (tertiary/aromatic N) is 3. The minimum Gasteiger partial charge on any atom is -0.315 e. The molecule has 0 N–H and O–H groups in total. The van der Waals surface area contributed by atoms with Crippen LogP contribution in [0.1, 0.15) is 11.1 Å². The molecular formula is C26H21N3O2. The summed E-state index contributed by atoms with van der Waals surface area (Å²) >= 11 is 0. The molecule has 152 valence electrons. The first-order valence-electron chi connectivity index (χ1n) is 10.3. The fourth-order valence-corrected chi connectivity index (χ4v) is 3.88. The number of aryl methyl sites for hydroxylation is 2. The molecule has 0 fully saturated rings. The van der Waals surface area contributed by atoms with Crippen molar-refractivity contribution in [3.8, 4) is 0 Å². The summed E-state index contributed by atoms with van der Waals surface area (Å²) in [6.07, 6.45) is 4.30. The highest BCUT2D eigenvalue weighted by Crippen LogP contribution is 2.15. The summed E-state index contributed by atoms with van der Waals surface area (Å²) in [6.45, 7) is 1.05. The summed E-state index contributed by atoms with van der Waals surface area (Å²) in [5.74, 6) is 0. The third kappa shape index (κ3) is 3.78. The van der Waals surface area contributed by atoms with Crippen molar-refractivity contribution < 1.29 is 0 Å². The van der Waals surface area contributed by atoms with Crippen LogP contribution >= 0.6 is 0 Å². The van der Waals surface area contributed by atoms with E-state index in [4.69, 9.17) is 0 Å². The second kappa shape index (κ2) is 8.03. The van der Waals surface area contributed by atoms with Gasteiger partial charge in [-0.25, -0.2) is 4.98 Å². The number of hydrogen-bond donors (Lipinski definition) is 0. The van der Waals surface area contributed by atoms with Gasteiger partial charge in [0.15, 0.2) is 0 Å². The lowest BCUT2D eigenvalue weighted by Crippen LogP contribution is -2.23. The minimum atomic E-state index is -0.144. The molecule has 3 heterocycles. The van der Waals surface area contributed by atoms with Gasteiger partial charge in [0.25, 0.3) is 11.1 Å². The first-order valence-corrected chi connectivity index (χ1v) is 10.3. The molecule has 0 aliphatic rings. The number of rotatable bonds is 5. The van der Waals surface area contributed by atoms with Crippen molar-refractivity contribution in [1.82, 2.24) is 14.1 Å². The van der Waals surface area contributed by atoms with Crippen LogP contribution in [0.5, 0.6) is 0 Å². The molecule has 0 radical (unpaired) electrons. The van der Waals surface area contributed by atoms with Gasteiger partial charge in [-0.15, -0.1) is 0 Å². The molecule has 0 saturated heterocycles. The first-order chi connectivity index (χ1) is 15.2. The number of hydrogen-bond acceptors (Lipinski definition) is 3. The molecule has 2 aromatic carbocycles. The van der Waals surface area contributed by atoms with E-state index in [-0.39, 0.29) is 11.1 Å². The molecule has 5 rings (SSSR count). The summed E-state index contributed by atoms with van der Waals surface area (Å²) in [7, 11) is 0. The lowest BCUT2D eigenvalue weighted by molar-refractivity contribution is 0.675. The van der Waals surface area contributed by atoms with E-state index in [1.165, 1.54) is 5.56 Å². The van der Waals surface area contributed by atoms with Crippen LogP contribution in [0.25, 0.3) is 21.8 Å². The van der Waals surface area contributed by atoms with Gasteiger partial charge in [0.1, 0.15) is 0 Å². The van der Waals surface area contributed by atoms with Crippen LogP contribution in [0.4, 0.5) is 0 Å². The summed E-state index contributed by atoms with van der Waals surface area (Å²) < 4.78 is 3.34. The van der Waals surface area contributed by atoms with E-state index in [1.54, 1.807) is 27.6 Å². The Hall–Kier alpha value is -3.99. The Morgan fingerprint density at radius 2 is 1.19 bits per heavy atom. The largest absolute Gasteiger partial charge is 0.315 e. The molecule has 0 bridgehead atoms. The quantitative estimate of drug-likeness (QED) is 0.414. The molecular weight excluding hydrogens is 386 g/mol. The molecule has 0 aliphatic heterocycles. The maximum absolute atomic E-state index is 13.1. The van der Waals surface area contributed by atoms with Crippen LogP contribution in [-0.4, -0.2) is 14.1 Å². The molecule has 5 aromatic rings. The van der Waals surface area contributed by atoms with Crippen molar-refractivity contribution >= 4 is 21.8 Å². The van der Waals surface area contributed by atoms with Crippen LogP contribution in [0, 0.1) is 0 Å². The van der Waals surface area contributed by atoms with Crippen molar-refractivity contribution in [2.24, 2.45) is 0 Å². The highest BCUT2D eigenvalue weighted by atomic mass is 16.1. The predicted octanol–water partition coefficient (Wildman–Crippen LogP) is 4.00. The SMILES string of the molecule is O=c1c2cc3c(=O)n(Cc4ccccc4)ccc3nc2ccn1CCc1ccccc1. The molecule has 0 aliphatic carbocycles. The molecule has 3 aromatic heterocycles. The van der Waals surface area contributed by atoms with E-state index >= 15 is 0 Å². The molecule has 5 heteroatoms. The Morgan fingerprint density at radius 1 is 0.645 bits per heavy atom. The van der Waals surface area contributed by atoms with Gasteiger partial charge in [-0.1, -0.05) is 60.7 Å². The number of pyridine rings is 3. The van der Waals surface area contributed by atoms with Crippen molar-refractivity contribution in [1.29, 1.82) is 0 Å². The maximum atomic E-state index is 13.1. The fraction of sp³-hybridized carbons (Fsp3) is 0.115.